The summed E-state index contributed by atoms with van der Waals surface area (Å²) in [4.78, 5) is 24.0. The molecule has 0 aliphatic heterocycles. The zero-order valence-electron chi connectivity index (χ0n) is 14.4. The van der Waals surface area contributed by atoms with Gasteiger partial charge in [0.1, 0.15) is 11.3 Å². The standard InChI is InChI=1S/C17H19ClN2O5/c1-5-23-17(22)14-11(4)20-25-16(14)19-13(21)8-24-12-6-9(2)15(18)10(3)7-12/h6-7H,5,8H2,1-4H3,(H,19,21). The van der Waals surface area contributed by atoms with Crippen LogP contribution in [0.15, 0.2) is 16.7 Å². The Labute approximate surface area is 150 Å². The van der Waals surface area contributed by atoms with Crippen LogP contribution in [0.5, 0.6) is 5.75 Å². The summed E-state index contributed by atoms with van der Waals surface area (Å²) >= 11 is 6.10. The van der Waals surface area contributed by atoms with Crippen molar-refractivity contribution in [1.29, 1.82) is 0 Å². The van der Waals surface area contributed by atoms with E-state index >= 15 is 0 Å². The number of carbonyl (C=O) groups is 2. The number of hydrogen-bond acceptors (Lipinski definition) is 6. The zero-order chi connectivity index (χ0) is 18.6. The summed E-state index contributed by atoms with van der Waals surface area (Å²) in [5.41, 5.74) is 2.13. The number of benzene rings is 1. The first-order chi connectivity index (χ1) is 11.8. The molecule has 0 aliphatic rings. The van der Waals surface area contributed by atoms with Crippen molar-refractivity contribution in [3.8, 4) is 5.75 Å². The lowest BCUT2D eigenvalue weighted by Crippen LogP contribution is -2.21. The second-order valence-electron chi connectivity index (χ2n) is 5.40. The van der Waals surface area contributed by atoms with E-state index in [0.29, 0.717) is 16.5 Å². The molecular weight excluding hydrogens is 348 g/mol. The Hall–Kier alpha value is -2.54. The highest BCUT2D eigenvalue weighted by molar-refractivity contribution is 6.32. The van der Waals surface area contributed by atoms with Crippen molar-refractivity contribution in [2.24, 2.45) is 0 Å². The number of carbonyl (C=O) groups excluding carboxylic acids is 2. The van der Waals surface area contributed by atoms with Crippen LogP contribution in [0.1, 0.15) is 34.1 Å². The van der Waals surface area contributed by atoms with E-state index in [1.54, 1.807) is 26.0 Å². The van der Waals surface area contributed by atoms with E-state index in [2.05, 4.69) is 10.5 Å². The molecule has 0 saturated heterocycles. The smallest absolute Gasteiger partial charge is 0.345 e. The van der Waals surface area contributed by atoms with Gasteiger partial charge in [-0.15, -0.1) is 0 Å². The number of esters is 1. The Morgan fingerprint density at radius 3 is 2.48 bits per heavy atom. The predicted molar refractivity (Wildman–Crippen MR) is 92.2 cm³/mol. The molecule has 1 heterocycles. The van der Waals surface area contributed by atoms with Crippen LogP contribution < -0.4 is 10.1 Å². The number of nitrogens with one attached hydrogen (secondary N) is 1. The van der Waals surface area contributed by atoms with E-state index in [1.807, 2.05) is 13.8 Å². The molecule has 0 radical (unpaired) electrons. The molecular formula is C17H19ClN2O5. The normalized spacial score (nSPS) is 10.4. The summed E-state index contributed by atoms with van der Waals surface area (Å²) < 4.78 is 15.4. The fraction of sp³-hybridized carbons (Fsp3) is 0.353. The minimum atomic E-state index is -0.610. The fourth-order valence-electron chi connectivity index (χ4n) is 2.20. The van der Waals surface area contributed by atoms with Gasteiger partial charge in [-0.3, -0.25) is 10.1 Å². The molecule has 0 spiro atoms. The molecule has 25 heavy (non-hydrogen) atoms. The minimum absolute atomic E-state index is 0.0620. The third kappa shape index (κ3) is 4.51. The highest BCUT2D eigenvalue weighted by Gasteiger charge is 2.23. The number of nitrogens with zero attached hydrogens (tertiary/aromatic N) is 1. The van der Waals surface area contributed by atoms with Gasteiger partial charge in [-0.25, -0.2) is 4.79 Å². The molecule has 1 aromatic carbocycles. The summed E-state index contributed by atoms with van der Waals surface area (Å²) in [5.74, 6) is -0.643. The van der Waals surface area contributed by atoms with Crippen LogP contribution in [0, 0.1) is 20.8 Å². The Kier molecular flexibility index (Phi) is 6.03. The third-order valence-electron chi connectivity index (χ3n) is 3.38. The number of anilines is 1. The summed E-state index contributed by atoms with van der Waals surface area (Å²) in [6, 6.07) is 3.48. The number of ether oxygens (including phenoxy) is 2. The van der Waals surface area contributed by atoms with E-state index < -0.39 is 11.9 Å². The van der Waals surface area contributed by atoms with Crippen molar-refractivity contribution in [2.75, 3.05) is 18.5 Å². The number of amides is 1. The molecule has 134 valence electrons. The van der Waals surface area contributed by atoms with E-state index in [1.165, 1.54) is 0 Å². The third-order valence-corrected chi connectivity index (χ3v) is 3.97. The van der Waals surface area contributed by atoms with Crippen molar-refractivity contribution in [3.63, 3.8) is 0 Å². The molecule has 2 rings (SSSR count). The maximum Gasteiger partial charge on any atom is 0.345 e. The largest absolute Gasteiger partial charge is 0.484 e. The molecule has 1 amide bonds. The molecule has 0 aliphatic carbocycles. The second-order valence-corrected chi connectivity index (χ2v) is 5.78. The highest BCUT2D eigenvalue weighted by atomic mass is 35.5. The van der Waals surface area contributed by atoms with Crippen LogP contribution in [0.2, 0.25) is 5.02 Å². The molecule has 0 saturated carbocycles. The Bertz CT molecular complexity index is 777. The van der Waals surface area contributed by atoms with Crippen molar-refractivity contribution < 1.29 is 23.6 Å². The fourth-order valence-corrected chi connectivity index (χ4v) is 2.31. The van der Waals surface area contributed by atoms with Gasteiger partial charge in [-0.05, 0) is 51.0 Å². The monoisotopic (exact) mass is 366 g/mol. The van der Waals surface area contributed by atoms with Crippen molar-refractivity contribution >= 4 is 29.4 Å². The van der Waals surface area contributed by atoms with Crippen LogP contribution in [0.25, 0.3) is 0 Å². The SMILES string of the molecule is CCOC(=O)c1c(C)noc1NC(=O)COc1cc(C)c(Cl)c(C)c1. The maximum atomic E-state index is 12.1. The average molecular weight is 367 g/mol. The Balaban J connectivity index is 2.03. The molecule has 1 N–H and O–H groups in total. The van der Waals surface area contributed by atoms with Crippen molar-refractivity contribution in [1.82, 2.24) is 5.16 Å². The first-order valence-electron chi connectivity index (χ1n) is 7.66. The zero-order valence-corrected chi connectivity index (χ0v) is 15.2. The van der Waals surface area contributed by atoms with Crippen LogP contribution in [0.4, 0.5) is 5.88 Å². The number of rotatable bonds is 6. The molecule has 0 fully saturated rings. The van der Waals surface area contributed by atoms with Gasteiger partial charge in [0.2, 0.25) is 5.88 Å². The van der Waals surface area contributed by atoms with E-state index in [-0.39, 0.29) is 24.7 Å². The Morgan fingerprint density at radius 2 is 1.88 bits per heavy atom. The van der Waals surface area contributed by atoms with Gasteiger partial charge < -0.3 is 14.0 Å². The van der Waals surface area contributed by atoms with Gasteiger partial charge in [0.05, 0.1) is 12.3 Å². The van der Waals surface area contributed by atoms with Gasteiger partial charge in [-0.2, -0.15) is 0 Å². The molecule has 1 aromatic heterocycles. The number of aromatic nitrogens is 1. The van der Waals surface area contributed by atoms with E-state index in [9.17, 15) is 9.59 Å². The highest BCUT2D eigenvalue weighted by Crippen LogP contribution is 2.26. The van der Waals surface area contributed by atoms with Crippen LogP contribution in [-0.2, 0) is 9.53 Å². The topological polar surface area (TPSA) is 90.7 Å². The van der Waals surface area contributed by atoms with Gasteiger partial charge in [0.15, 0.2) is 6.61 Å². The average Bonchev–Trinajstić information content (AvgIpc) is 2.91. The van der Waals surface area contributed by atoms with Crippen LogP contribution in [0.3, 0.4) is 0 Å². The quantitative estimate of drug-likeness (QED) is 0.787. The van der Waals surface area contributed by atoms with Gasteiger partial charge in [0, 0.05) is 5.02 Å². The molecule has 0 unspecified atom stereocenters. The lowest BCUT2D eigenvalue weighted by Gasteiger charge is -2.10. The summed E-state index contributed by atoms with van der Waals surface area (Å²) in [7, 11) is 0. The second kappa shape index (κ2) is 8.02. The van der Waals surface area contributed by atoms with Crippen molar-refractivity contribution in [3.05, 3.63) is 39.5 Å². The van der Waals surface area contributed by atoms with Gasteiger partial charge in [-0.1, -0.05) is 16.8 Å². The molecule has 7 nitrogen and oxygen atoms in total. The first-order valence-corrected chi connectivity index (χ1v) is 8.04. The summed E-state index contributed by atoms with van der Waals surface area (Å²) in [6.07, 6.45) is 0. The van der Waals surface area contributed by atoms with Gasteiger partial charge in [0.25, 0.3) is 5.91 Å². The van der Waals surface area contributed by atoms with E-state index in [0.717, 1.165) is 11.1 Å². The minimum Gasteiger partial charge on any atom is -0.484 e. The number of halogens is 1. The van der Waals surface area contributed by atoms with Crippen molar-refractivity contribution in [2.45, 2.75) is 27.7 Å². The molecule has 0 atom stereocenters. The van der Waals surface area contributed by atoms with Crippen LogP contribution in [-0.4, -0.2) is 30.2 Å². The maximum absolute atomic E-state index is 12.1. The summed E-state index contributed by atoms with van der Waals surface area (Å²) in [6.45, 7) is 6.91. The molecule has 8 heteroatoms. The first kappa shape index (κ1) is 18.8. The Morgan fingerprint density at radius 1 is 1.24 bits per heavy atom. The lowest BCUT2D eigenvalue weighted by molar-refractivity contribution is -0.118. The summed E-state index contributed by atoms with van der Waals surface area (Å²) in [5, 5.41) is 6.80. The lowest BCUT2D eigenvalue weighted by atomic mass is 10.1. The number of hydrogen-bond donors (Lipinski definition) is 1. The van der Waals surface area contributed by atoms with Crippen LogP contribution >= 0.6 is 11.6 Å². The predicted octanol–water partition coefficient (Wildman–Crippen LogP) is 3.45. The number of aryl methyl sites for hydroxylation is 3. The van der Waals surface area contributed by atoms with Gasteiger partial charge >= 0.3 is 5.97 Å². The molecule has 2 aromatic rings. The molecule has 0 bridgehead atoms. The van der Waals surface area contributed by atoms with E-state index in [4.69, 9.17) is 25.6 Å².